The highest BCUT2D eigenvalue weighted by Gasteiger charge is 2.44. The third kappa shape index (κ3) is 11.3. The maximum atomic E-state index is 10.8. The quantitative estimate of drug-likeness (QED) is 0.108. The van der Waals surface area contributed by atoms with Crippen molar-refractivity contribution in [3.63, 3.8) is 0 Å². The summed E-state index contributed by atoms with van der Waals surface area (Å²) in [4.78, 5) is 10.8. The summed E-state index contributed by atoms with van der Waals surface area (Å²) >= 11 is 10.00. The fourth-order valence-electron chi connectivity index (χ4n) is 3.79. The molecule has 0 radical (unpaired) electrons. The molecule has 0 aromatic carbocycles. The summed E-state index contributed by atoms with van der Waals surface area (Å²) in [5.41, 5.74) is -2.83. The van der Waals surface area contributed by atoms with Crippen LogP contribution in [0.5, 0.6) is 0 Å². The van der Waals surface area contributed by atoms with Crippen molar-refractivity contribution in [3.05, 3.63) is 0 Å². The molecule has 1 unspecified atom stereocenters. The Kier molecular flexibility index (Phi) is 17.4. The van der Waals surface area contributed by atoms with E-state index in [1.807, 2.05) is 48.5 Å². The molecule has 1 atom stereocenters. The zero-order chi connectivity index (χ0) is 24.7. The molecule has 12 heteroatoms. The van der Waals surface area contributed by atoms with E-state index in [1.54, 1.807) is 0 Å². The van der Waals surface area contributed by atoms with Gasteiger partial charge >= 0.3 is 17.6 Å². The Balaban J connectivity index is 5.28. The summed E-state index contributed by atoms with van der Waals surface area (Å²) in [7, 11) is -5.46. The molecule has 0 aromatic heterocycles. The van der Waals surface area contributed by atoms with Crippen molar-refractivity contribution in [3.8, 4) is 0 Å². The molecule has 0 saturated carbocycles. The average molecular weight is 551 g/mol. The van der Waals surface area contributed by atoms with Gasteiger partial charge < -0.3 is 31.4 Å². The second-order valence-electron chi connectivity index (χ2n) is 7.71. The van der Waals surface area contributed by atoms with E-state index in [4.69, 9.17) is 38.4 Å². The normalized spacial score (nSPS) is 15.2. The van der Waals surface area contributed by atoms with Gasteiger partial charge in [-0.3, -0.25) is 0 Å². The highest BCUT2D eigenvalue weighted by Crippen LogP contribution is 2.63. The lowest BCUT2D eigenvalue weighted by atomic mass is 9.99. The maximum Gasteiger partial charge on any atom is 0.500 e. The molecule has 0 aliphatic rings. The number of thiol groups is 1. The van der Waals surface area contributed by atoms with Crippen LogP contribution >= 0.6 is 17.7 Å². The van der Waals surface area contributed by atoms with Crippen LogP contribution in [0, 0.1) is 0 Å². The molecule has 194 valence electrons. The van der Waals surface area contributed by atoms with Gasteiger partial charge in [0, 0.05) is 56.9 Å². The van der Waals surface area contributed by atoms with Gasteiger partial charge in [-0.25, -0.2) is 0 Å². The van der Waals surface area contributed by atoms with Crippen LogP contribution in [-0.2, 0) is 38.4 Å². The molecular formula is C20H47O7PS2Si2. The topological polar surface area (TPSA) is 75.6 Å². The van der Waals surface area contributed by atoms with Crippen molar-refractivity contribution in [2.45, 2.75) is 91.4 Å². The minimum absolute atomic E-state index is 0.485. The summed E-state index contributed by atoms with van der Waals surface area (Å²) in [6, 6.07) is 1.38. The zero-order valence-electron chi connectivity index (χ0n) is 21.2. The Hall–Kier alpha value is 1.15. The third-order valence-corrected chi connectivity index (χ3v) is 16.2. The molecule has 0 bridgehead atoms. The van der Waals surface area contributed by atoms with Gasteiger partial charge in [-0.1, -0.05) is 18.7 Å². The van der Waals surface area contributed by atoms with Crippen LogP contribution in [0.1, 0.15) is 74.1 Å². The molecule has 0 saturated heterocycles. The van der Waals surface area contributed by atoms with Crippen molar-refractivity contribution >= 4 is 47.1 Å². The molecule has 0 spiro atoms. The monoisotopic (exact) mass is 550 g/mol. The van der Waals surface area contributed by atoms with Crippen LogP contribution in [0.4, 0.5) is 0 Å². The van der Waals surface area contributed by atoms with E-state index in [-0.39, 0.29) is 0 Å². The Morgan fingerprint density at radius 3 is 1.12 bits per heavy atom. The molecule has 32 heavy (non-hydrogen) atoms. The predicted octanol–water partition coefficient (Wildman–Crippen LogP) is 5.63. The first kappa shape index (κ1) is 33.2. The van der Waals surface area contributed by atoms with Gasteiger partial charge in [0.25, 0.3) is 0 Å². The molecular weight excluding hydrogens is 503 g/mol. The second-order valence-corrected chi connectivity index (χ2v) is 19.5. The number of hydrogen-bond donors (Lipinski definition) is 2. The molecule has 0 aromatic rings. The molecule has 0 fully saturated rings. The van der Waals surface area contributed by atoms with Gasteiger partial charge in [-0.2, -0.15) is 0 Å². The standard InChI is InChI=1S/C20H47O7PS2Si2/c1-8-22-31(23-9-2,24-10-3)18-14-16-20(7,28(21,29)30)17-15-19-32(25-11-4,26-12-5)27-13-6/h8-19H2,1-7H3,(H2,21,29,30). The van der Waals surface area contributed by atoms with Crippen LogP contribution in [0.15, 0.2) is 0 Å². The summed E-state index contributed by atoms with van der Waals surface area (Å²) in [5, 5.41) is -0.485. The van der Waals surface area contributed by atoms with Crippen molar-refractivity contribution in [1.82, 2.24) is 0 Å². The van der Waals surface area contributed by atoms with Gasteiger partial charge in [-0.05, 0) is 67.2 Å². The second kappa shape index (κ2) is 16.8. The van der Waals surface area contributed by atoms with Crippen LogP contribution in [-0.4, -0.2) is 67.3 Å². The van der Waals surface area contributed by atoms with E-state index >= 15 is 0 Å². The average Bonchev–Trinajstić information content (AvgIpc) is 2.68. The predicted molar refractivity (Wildman–Crippen MR) is 143 cm³/mol. The first-order valence-electron chi connectivity index (χ1n) is 11.9. The van der Waals surface area contributed by atoms with Crippen molar-refractivity contribution in [2.24, 2.45) is 0 Å². The first-order chi connectivity index (χ1) is 15.0. The Morgan fingerprint density at radius 1 is 0.688 bits per heavy atom. The lowest BCUT2D eigenvalue weighted by Gasteiger charge is -2.37. The molecule has 0 heterocycles. The molecule has 7 nitrogen and oxygen atoms in total. The van der Waals surface area contributed by atoms with Crippen LogP contribution < -0.4 is 0 Å². The molecule has 0 rings (SSSR count). The van der Waals surface area contributed by atoms with Crippen molar-refractivity contribution < 1.29 is 31.4 Å². The van der Waals surface area contributed by atoms with E-state index in [2.05, 4.69) is 12.2 Å². The van der Waals surface area contributed by atoms with Gasteiger partial charge in [0.15, 0.2) is 0 Å². The Morgan fingerprint density at radius 2 is 0.938 bits per heavy atom. The minimum Gasteiger partial charge on any atom is -0.374 e. The van der Waals surface area contributed by atoms with Crippen LogP contribution in [0.25, 0.3) is 0 Å². The number of hydrogen-bond acceptors (Lipinski definition) is 7. The Labute approximate surface area is 209 Å². The SMILES string of the molecule is CCO[Si](CCCC(C)(CCC[Si](OCC)(OCC)OCC)P(O)(=S)S)(OCC)OCC. The summed E-state index contributed by atoms with van der Waals surface area (Å²) in [6.45, 7) is 17.1. The largest absolute Gasteiger partial charge is 0.500 e. The van der Waals surface area contributed by atoms with E-state index in [9.17, 15) is 4.89 Å². The molecule has 0 aliphatic carbocycles. The van der Waals surface area contributed by atoms with Crippen molar-refractivity contribution in [2.75, 3.05) is 39.6 Å². The van der Waals surface area contributed by atoms with E-state index in [1.165, 1.54) is 0 Å². The van der Waals surface area contributed by atoms with Crippen molar-refractivity contribution in [1.29, 1.82) is 0 Å². The van der Waals surface area contributed by atoms with Crippen LogP contribution in [0.3, 0.4) is 0 Å². The smallest absolute Gasteiger partial charge is 0.374 e. The number of rotatable bonds is 21. The highest BCUT2D eigenvalue weighted by atomic mass is 32.9. The van der Waals surface area contributed by atoms with Gasteiger partial charge in [0.05, 0.1) is 0 Å². The lowest BCUT2D eigenvalue weighted by molar-refractivity contribution is 0.0703. The van der Waals surface area contributed by atoms with Crippen LogP contribution in [0.2, 0.25) is 12.1 Å². The van der Waals surface area contributed by atoms with Gasteiger partial charge in [-0.15, -0.1) is 12.2 Å². The van der Waals surface area contributed by atoms with E-state index in [0.717, 1.165) is 25.7 Å². The first-order valence-corrected chi connectivity index (χ1v) is 19.7. The maximum absolute atomic E-state index is 10.8. The lowest BCUT2D eigenvalue weighted by Crippen LogP contribution is -2.46. The van der Waals surface area contributed by atoms with Gasteiger partial charge in [0.2, 0.25) is 0 Å². The van der Waals surface area contributed by atoms with Gasteiger partial charge in [0.1, 0.15) is 5.47 Å². The van der Waals surface area contributed by atoms with E-state index in [0.29, 0.717) is 51.7 Å². The third-order valence-electron chi connectivity index (χ3n) is 5.29. The fraction of sp³-hybridized carbons (Fsp3) is 1.00. The summed E-state index contributed by atoms with van der Waals surface area (Å²) in [6.07, 6.45) is 3.01. The van der Waals surface area contributed by atoms with E-state index < -0.39 is 28.2 Å². The highest BCUT2D eigenvalue weighted by molar-refractivity contribution is 8.61. The summed E-state index contributed by atoms with van der Waals surface area (Å²) < 4.78 is 35.8. The minimum atomic E-state index is -2.83. The summed E-state index contributed by atoms with van der Waals surface area (Å²) in [5.74, 6) is 0. The zero-order valence-corrected chi connectivity index (χ0v) is 25.8. The molecule has 1 N–H and O–H groups in total. The fourth-order valence-corrected chi connectivity index (χ4v) is 11.1. The Bertz CT molecular complexity index is 474. The molecule has 0 amide bonds. The molecule has 0 aliphatic heterocycles.